The van der Waals surface area contributed by atoms with Crippen molar-refractivity contribution >= 4 is 11.6 Å². The number of phenolic OH excluding ortho intramolecular Hbond substituents is 2. The summed E-state index contributed by atoms with van der Waals surface area (Å²) in [6.07, 6.45) is 0. The first-order chi connectivity index (χ1) is 7.47. The molecule has 1 aromatic rings. The maximum absolute atomic E-state index is 11.8. The number of carbonyl (C=O) groups excluding carboxylic acids is 1. The van der Waals surface area contributed by atoms with Gasteiger partial charge in [-0.2, -0.15) is 0 Å². The molecular weight excluding hydrogens is 206 g/mol. The molecule has 16 heavy (non-hydrogen) atoms. The number of rotatable bonds is 3. The second-order valence-corrected chi connectivity index (χ2v) is 3.50. The van der Waals surface area contributed by atoms with Crippen LogP contribution >= 0.6 is 0 Å². The summed E-state index contributed by atoms with van der Waals surface area (Å²) in [5, 5.41) is 18.5. The Morgan fingerprint density at radius 2 is 2.00 bits per heavy atom. The second-order valence-electron chi connectivity index (χ2n) is 3.50. The van der Waals surface area contributed by atoms with E-state index in [1.54, 1.807) is 13.0 Å². The van der Waals surface area contributed by atoms with Gasteiger partial charge >= 0.3 is 0 Å². The number of aromatic hydroxyl groups is 2. The first-order valence-corrected chi connectivity index (χ1v) is 4.96. The first kappa shape index (κ1) is 12.1. The zero-order valence-electron chi connectivity index (χ0n) is 9.40. The van der Waals surface area contributed by atoms with Crippen LogP contribution in [0.5, 0.6) is 11.5 Å². The van der Waals surface area contributed by atoms with Crippen molar-refractivity contribution in [2.24, 2.45) is 0 Å². The lowest BCUT2D eigenvalue weighted by molar-refractivity contribution is -0.115. The zero-order chi connectivity index (χ0) is 12.3. The number of benzene rings is 1. The number of nitrogens with zero attached hydrogens (tertiary/aromatic N) is 1. The molecule has 0 saturated carbocycles. The van der Waals surface area contributed by atoms with Crippen LogP contribution in [0, 0.1) is 0 Å². The average Bonchev–Trinajstić information content (AvgIpc) is 2.24. The van der Waals surface area contributed by atoms with Crippen molar-refractivity contribution in [1.29, 1.82) is 0 Å². The molecular formula is C12H15NO3. The molecule has 0 unspecified atom stereocenters. The maximum atomic E-state index is 11.8. The monoisotopic (exact) mass is 221 g/mol. The molecule has 2 N–H and O–H groups in total. The van der Waals surface area contributed by atoms with Gasteiger partial charge in [-0.25, -0.2) is 0 Å². The van der Waals surface area contributed by atoms with E-state index in [0.29, 0.717) is 17.8 Å². The Hall–Kier alpha value is -1.97. The molecule has 0 fully saturated rings. The van der Waals surface area contributed by atoms with Crippen LogP contribution in [-0.2, 0) is 4.79 Å². The largest absolute Gasteiger partial charge is 0.504 e. The quantitative estimate of drug-likeness (QED) is 0.606. The van der Waals surface area contributed by atoms with Crippen molar-refractivity contribution in [3.8, 4) is 11.5 Å². The maximum Gasteiger partial charge on any atom is 0.253 e. The van der Waals surface area contributed by atoms with Gasteiger partial charge in [0.25, 0.3) is 5.91 Å². The van der Waals surface area contributed by atoms with Crippen LogP contribution in [0.25, 0.3) is 0 Å². The molecule has 0 atom stereocenters. The van der Waals surface area contributed by atoms with Crippen molar-refractivity contribution in [1.82, 2.24) is 0 Å². The summed E-state index contributed by atoms with van der Waals surface area (Å²) in [5.74, 6) is -0.652. The van der Waals surface area contributed by atoms with E-state index < -0.39 is 0 Å². The fourth-order valence-corrected chi connectivity index (χ4v) is 1.35. The molecule has 86 valence electrons. The van der Waals surface area contributed by atoms with Crippen LogP contribution in [-0.4, -0.2) is 22.7 Å². The third kappa shape index (κ3) is 2.34. The minimum absolute atomic E-state index is 0.201. The number of phenols is 2. The summed E-state index contributed by atoms with van der Waals surface area (Å²) >= 11 is 0. The van der Waals surface area contributed by atoms with E-state index in [2.05, 4.69) is 6.58 Å². The van der Waals surface area contributed by atoms with Crippen LogP contribution in [0.2, 0.25) is 0 Å². The molecule has 0 spiro atoms. The third-order valence-electron chi connectivity index (χ3n) is 2.20. The summed E-state index contributed by atoms with van der Waals surface area (Å²) in [4.78, 5) is 13.2. The summed E-state index contributed by atoms with van der Waals surface area (Å²) in [5.41, 5.74) is 0.959. The summed E-state index contributed by atoms with van der Waals surface area (Å²) in [6, 6.07) is 4.26. The number of hydrogen-bond donors (Lipinski definition) is 2. The molecule has 4 nitrogen and oxygen atoms in total. The summed E-state index contributed by atoms with van der Waals surface area (Å²) in [7, 11) is 0. The zero-order valence-corrected chi connectivity index (χ0v) is 9.40. The van der Waals surface area contributed by atoms with Crippen LogP contribution in [0.3, 0.4) is 0 Å². The Labute approximate surface area is 94.4 Å². The molecule has 1 aromatic carbocycles. The highest BCUT2D eigenvalue weighted by atomic mass is 16.3. The van der Waals surface area contributed by atoms with Gasteiger partial charge < -0.3 is 15.1 Å². The number of likely N-dealkylation sites (N-methyl/N-ethyl adjacent to an activating group) is 1. The van der Waals surface area contributed by atoms with Gasteiger partial charge in [-0.05, 0) is 26.0 Å². The van der Waals surface area contributed by atoms with E-state index in [1.165, 1.54) is 17.0 Å². The number of hydrogen-bond acceptors (Lipinski definition) is 3. The van der Waals surface area contributed by atoms with Gasteiger partial charge in [-0.1, -0.05) is 6.58 Å². The van der Waals surface area contributed by atoms with E-state index in [9.17, 15) is 15.0 Å². The predicted molar refractivity (Wildman–Crippen MR) is 62.6 cm³/mol. The highest BCUT2D eigenvalue weighted by Gasteiger charge is 2.15. The lowest BCUT2D eigenvalue weighted by Gasteiger charge is -2.21. The van der Waals surface area contributed by atoms with Crippen molar-refractivity contribution in [2.75, 3.05) is 11.4 Å². The van der Waals surface area contributed by atoms with Crippen molar-refractivity contribution in [3.63, 3.8) is 0 Å². The molecule has 0 aliphatic heterocycles. The van der Waals surface area contributed by atoms with Gasteiger partial charge in [0.15, 0.2) is 11.5 Å². The molecule has 1 amide bonds. The molecule has 0 saturated heterocycles. The Morgan fingerprint density at radius 3 is 2.44 bits per heavy atom. The van der Waals surface area contributed by atoms with Gasteiger partial charge in [0.05, 0.1) is 0 Å². The summed E-state index contributed by atoms with van der Waals surface area (Å²) in [6.45, 7) is 7.51. The number of carbonyl (C=O) groups is 1. The fourth-order valence-electron chi connectivity index (χ4n) is 1.35. The fraction of sp³-hybridized carbons (Fsp3) is 0.250. The van der Waals surface area contributed by atoms with E-state index >= 15 is 0 Å². The Morgan fingerprint density at radius 1 is 1.38 bits per heavy atom. The Bertz CT molecular complexity index is 426. The summed E-state index contributed by atoms with van der Waals surface area (Å²) < 4.78 is 0. The SMILES string of the molecule is C=C(C)C(=O)N(CC)c1ccc(O)c(O)c1. The highest BCUT2D eigenvalue weighted by Crippen LogP contribution is 2.29. The third-order valence-corrected chi connectivity index (χ3v) is 2.20. The smallest absolute Gasteiger partial charge is 0.253 e. The molecule has 0 heterocycles. The van der Waals surface area contributed by atoms with E-state index in [1.807, 2.05) is 6.92 Å². The standard InChI is InChI=1S/C12H15NO3/c1-4-13(12(16)8(2)3)9-5-6-10(14)11(15)7-9/h5-7,14-15H,2,4H2,1,3H3. The average molecular weight is 221 g/mol. The van der Waals surface area contributed by atoms with Crippen LogP contribution in [0.1, 0.15) is 13.8 Å². The molecule has 0 aliphatic rings. The van der Waals surface area contributed by atoms with Crippen molar-refractivity contribution < 1.29 is 15.0 Å². The van der Waals surface area contributed by atoms with Gasteiger partial charge in [0, 0.05) is 23.9 Å². The van der Waals surface area contributed by atoms with Gasteiger partial charge in [-0.3, -0.25) is 4.79 Å². The predicted octanol–water partition coefficient (Wildman–Crippen LogP) is 2.03. The van der Waals surface area contributed by atoms with E-state index in [-0.39, 0.29) is 17.4 Å². The van der Waals surface area contributed by atoms with Crippen molar-refractivity contribution in [3.05, 3.63) is 30.4 Å². The Balaban J connectivity index is 3.09. The molecule has 0 radical (unpaired) electrons. The van der Waals surface area contributed by atoms with Crippen LogP contribution in [0.4, 0.5) is 5.69 Å². The van der Waals surface area contributed by atoms with Gasteiger partial charge in [0.2, 0.25) is 0 Å². The van der Waals surface area contributed by atoms with Gasteiger partial charge in [0.1, 0.15) is 0 Å². The highest BCUT2D eigenvalue weighted by molar-refractivity contribution is 6.04. The molecule has 0 aromatic heterocycles. The normalized spacial score (nSPS) is 9.88. The lowest BCUT2D eigenvalue weighted by Crippen LogP contribution is -2.30. The van der Waals surface area contributed by atoms with Crippen LogP contribution < -0.4 is 4.90 Å². The topological polar surface area (TPSA) is 60.8 Å². The minimum atomic E-state index is -0.245. The lowest BCUT2D eigenvalue weighted by atomic mass is 10.2. The molecule has 0 bridgehead atoms. The van der Waals surface area contributed by atoms with E-state index in [0.717, 1.165) is 0 Å². The number of anilines is 1. The molecule has 4 heteroatoms. The van der Waals surface area contributed by atoms with E-state index in [4.69, 9.17) is 0 Å². The second kappa shape index (κ2) is 4.70. The molecule has 1 rings (SSSR count). The van der Waals surface area contributed by atoms with Gasteiger partial charge in [-0.15, -0.1) is 0 Å². The molecule has 0 aliphatic carbocycles. The van der Waals surface area contributed by atoms with Crippen molar-refractivity contribution in [2.45, 2.75) is 13.8 Å². The minimum Gasteiger partial charge on any atom is -0.504 e. The van der Waals surface area contributed by atoms with Crippen LogP contribution in [0.15, 0.2) is 30.4 Å². The Kier molecular flexibility index (Phi) is 3.55. The number of amides is 1. The first-order valence-electron chi connectivity index (χ1n) is 4.96.